The highest BCUT2D eigenvalue weighted by Crippen LogP contribution is 2.32. The van der Waals surface area contributed by atoms with E-state index in [0.29, 0.717) is 23.9 Å². The zero-order valence-corrected chi connectivity index (χ0v) is 14.2. The van der Waals surface area contributed by atoms with Crippen LogP contribution in [0.4, 0.5) is 5.69 Å². The number of thiophene rings is 1. The number of hydrogen-bond acceptors (Lipinski definition) is 5. The number of non-ortho nitro benzene ring substituents is 1. The molecule has 2 unspecified atom stereocenters. The molecule has 1 aliphatic rings. The maximum absolute atomic E-state index is 12.7. The highest BCUT2D eigenvalue weighted by molar-refractivity contribution is 7.20. The summed E-state index contributed by atoms with van der Waals surface area (Å²) in [6, 6.07) is 6.61. The van der Waals surface area contributed by atoms with Gasteiger partial charge in [0.25, 0.3) is 11.6 Å². The third kappa shape index (κ3) is 3.31. The number of amides is 1. The average Bonchev–Trinajstić information content (AvgIpc) is 3.08. The molecule has 1 aliphatic heterocycles. The van der Waals surface area contributed by atoms with Crippen LogP contribution in [0.3, 0.4) is 0 Å². The first-order valence-electron chi connectivity index (χ1n) is 7.18. The molecular formula is C15H18ClN3O3S. The third-order valence-corrected chi connectivity index (χ3v) is 5.28. The number of nitrogens with zero attached hydrogens (tertiary/aromatic N) is 2. The van der Waals surface area contributed by atoms with Crippen LogP contribution < -0.4 is 5.73 Å². The molecule has 0 saturated carbocycles. The number of fused-ring (bicyclic) bond motifs is 1. The van der Waals surface area contributed by atoms with Gasteiger partial charge in [0.15, 0.2) is 0 Å². The SMILES string of the molecule is CC1CC(CN)CN1C(=O)c1cc2cc([N+](=O)[O-])ccc2s1.Cl. The standard InChI is InChI=1S/C15H17N3O3S.ClH/c1-9-4-10(7-16)8-17(9)15(19)14-6-11-5-12(18(20)21)2-3-13(11)22-14;/h2-3,5-6,9-10H,4,7-8,16H2,1H3;1H. The Balaban J connectivity index is 0.00000192. The van der Waals surface area contributed by atoms with Crippen LogP contribution >= 0.6 is 23.7 Å². The molecule has 3 rings (SSSR count). The van der Waals surface area contributed by atoms with Crippen molar-refractivity contribution in [2.75, 3.05) is 13.1 Å². The van der Waals surface area contributed by atoms with Gasteiger partial charge >= 0.3 is 0 Å². The van der Waals surface area contributed by atoms with E-state index in [4.69, 9.17) is 5.73 Å². The minimum atomic E-state index is -0.424. The van der Waals surface area contributed by atoms with Crippen LogP contribution in [0.1, 0.15) is 23.0 Å². The molecule has 23 heavy (non-hydrogen) atoms. The maximum atomic E-state index is 12.7. The Morgan fingerprint density at radius 1 is 1.48 bits per heavy atom. The molecule has 0 radical (unpaired) electrons. The van der Waals surface area contributed by atoms with Crippen LogP contribution in [-0.2, 0) is 0 Å². The van der Waals surface area contributed by atoms with E-state index >= 15 is 0 Å². The molecule has 6 nitrogen and oxygen atoms in total. The van der Waals surface area contributed by atoms with Gasteiger partial charge < -0.3 is 10.6 Å². The van der Waals surface area contributed by atoms with Crippen LogP contribution in [0, 0.1) is 16.0 Å². The van der Waals surface area contributed by atoms with E-state index in [1.807, 2.05) is 11.8 Å². The second-order valence-corrected chi connectivity index (χ2v) is 6.82. The number of nitro groups is 1. The zero-order valence-electron chi connectivity index (χ0n) is 12.6. The smallest absolute Gasteiger partial charge is 0.270 e. The highest BCUT2D eigenvalue weighted by Gasteiger charge is 2.32. The van der Waals surface area contributed by atoms with E-state index in [9.17, 15) is 14.9 Å². The fraction of sp³-hybridized carbons (Fsp3) is 0.400. The molecule has 0 spiro atoms. The number of nitrogens with two attached hydrogens (primary N) is 1. The molecule has 2 atom stereocenters. The fourth-order valence-corrected chi connectivity index (χ4v) is 3.99. The van der Waals surface area contributed by atoms with Crippen molar-refractivity contribution < 1.29 is 9.72 Å². The van der Waals surface area contributed by atoms with Gasteiger partial charge in [0.2, 0.25) is 0 Å². The van der Waals surface area contributed by atoms with Crippen LogP contribution in [0.15, 0.2) is 24.3 Å². The summed E-state index contributed by atoms with van der Waals surface area (Å²) >= 11 is 1.38. The number of nitro benzene ring substituents is 1. The van der Waals surface area contributed by atoms with Crippen molar-refractivity contribution in [2.45, 2.75) is 19.4 Å². The summed E-state index contributed by atoms with van der Waals surface area (Å²) < 4.78 is 0.885. The van der Waals surface area contributed by atoms with Gasteiger partial charge in [0.05, 0.1) is 9.80 Å². The number of likely N-dealkylation sites (tertiary alicyclic amines) is 1. The van der Waals surface area contributed by atoms with E-state index in [0.717, 1.165) is 16.5 Å². The maximum Gasteiger partial charge on any atom is 0.270 e. The summed E-state index contributed by atoms with van der Waals surface area (Å²) in [5, 5.41) is 11.6. The Bertz CT molecular complexity index is 749. The van der Waals surface area contributed by atoms with Gasteiger partial charge in [-0.25, -0.2) is 0 Å². The van der Waals surface area contributed by atoms with Crippen molar-refractivity contribution >= 4 is 45.4 Å². The molecule has 1 aromatic carbocycles. The lowest BCUT2D eigenvalue weighted by molar-refractivity contribution is -0.384. The largest absolute Gasteiger partial charge is 0.335 e. The summed E-state index contributed by atoms with van der Waals surface area (Å²) in [5.74, 6) is 0.349. The van der Waals surface area contributed by atoms with Crippen molar-refractivity contribution in [2.24, 2.45) is 11.7 Å². The summed E-state index contributed by atoms with van der Waals surface area (Å²) in [4.78, 5) is 25.6. The molecule has 0 aliphatic carbocycles. The first-order chi connectivity index (χ1) is 10.5. The van der Waals surface area contributed by atoms with Crippen LogP contribution in [0.5, 0.6) is 0 Å². The lowest BCUT2D eigenvalue weighted by atomic mass is 10.1. The number of benzene rings is 1. The highest BCUT2D eigenvalue weighted by atomic mass is 35.5. The Kier molecular flexibility index (Phi) is 5.23. The second-order valence-electron chi connectivity index (χ2n) is 5.73. The van der Waals surface area contributed by atoms with E-state index in [2.05, 4.69) is 0 Å². The van der Waals surface area contributed by atoms with Gasteiger partial charge in [0, 0.05) is 34.8 Å². The Labute approximate surface area is 143 Å². The summed E-state index contributed by atoms with van der Waals surface area (Å²) in [5.41, 5.74) is 5.75. The summed E-state index contributed by atoms with van der Waals surface area (Å²) in [6.07, 6.45) is 0.929. The van der Waals surface area contributed by atoms with Gasteiger partial charge in [-0.2, -0.15) is 0 Å². The van der Waals surface area contributed by atoms with Gasteiger partial charge in [-0.05, 0) is 37.9 Å². The second kappa shape index (κ2) is 6.82. The molecule has 1 amide bonds. The van der Waals surface area contributed by atoms with Crippen LogP contribution in [0.2, 0.25) is 0 Å². The third-order valence-electron chi connectivity index (χ3n) is 4.18. The molecule has 1 aromatic heterocycles. The van der Waals surface area contributed by atoms with Crippen molar-refractivity contribution in [1.29, 1.82) is 0 Å². The number of carbonyl (C=O) groups excluding carboxylic acids is 1. The van der Waals surface area contributed by atoms with Crippen molar-refractivity contribution in [1.82, 2.24) is 4.90 Å². The van der Waals surface area contributed by atoms with E-state index in [-0.39, 0.29) is 30.0 Å². The Hall–Kier alpha value is -1.70. The quantitative estimate of drug-likeness (QED) is 0.676. The summed E-state index contributed by atoms with van der Waals surface area (Å²) in [6.45, 7) is 3.31. The average molecular weight is 356 g/mol. The Morgan fingerprint density at radius 2 is 2.22 bits per heavy atom. The predicted octanol–water partition coefficient (Wildman–Crippen LogP) is 3.04. The summed E-state index contributed by atoms with van der Waals surface area (Å²) in [7, 11) is 0. The van der Waals surface area contributed by atoms with Gasteiger partial charge in [-0.1, -0.05) is 0 Å². The van der Waals surface area contributed by atoms with Crippen LogP contribution in [0.25, 0.3) is 10.1 Å². The lowest BCUT2D eigenvalue weighted by Crippen LogP contribution is -2.33. The first kappa shape index (κ1) is 17.7. The fourth-order valence-electron chi connectivity index (χ4n) is 2.99. The first-order valence-corrected chi connectivity index (χ1v) is 8.00. The topological polar surface area (TPSA) is 89.5 Å². The Morgan fingerprint density at radius 3 is 2.83 bits per heavy atom. The molecule has 0 bridgehead atoms. The van der Waals surface area contributed by atoms with Crippen molar-refractivity contribution in [3.8, 4) is 0 Å². The van der Waals surface area contributed by atoms with Crippen LogP contribution in [-0.4, -0.2) is 34.9 Å². The monoisotopic (exact) mass is 355 g/mol. The van der Waals surface area contributed by atoms with Gasteiger partial charge in [-0.3, -0.25) is 14.9 Å². The zero-order chi connectivity index (χ0) is 15.9. The molecule has 2 heterocycles. The lowest BCUT2D eigenvalue weighted by Gasteiger charge is -2.20. The van der Waals surface area contributed by atoms with E-state index < -0.39 is 4.92 Å². The van der Waals surface area contributed by atoms with Gasteiger partial charge in [0.1, 0.15) is 0 Å². The molecule has 1 fully saturated rings. The number of rotatable bonds is 3. The van der Waals surface area contributed by atoms with Gasteiger partial charge in [-0.15, -0.1) is 23.7 Å². The van der Waals surface area contributed by atoms with E-state index in [1.54, 1.807) is 12.1 Å². The minimum Gasteiger partial charge on any atom is -0.335 e. The molecular weight excluding hydrogens is 338 g/mol. The molecule has 2 aromatic rings. The minimum absolute atomic E-state index is 0. The molecule has 8 heteroatoms. The number of hydrogen-bond donors (Lipinski definition) is 1. The number of carbonyl (C=O) groups is 1. The number of halogens is 1. The normalized spacial score (nSPS) is 20.5. The van der Waals surface area contributed by atoms with Crippen molar-refractivity contribution in [3.63, 3.8) is 0 Å². The van der Waals surface area contributed by atoms with Crippen molar-refractivity contribution in [3.05, 3.63) is 39.3 Å². The predicted molar refractivity (Wildman–Crippen MR) is 93.4 cm³/mol. The van der Waals surface area contributed by atoms with E-state index in [1.165, 1.54) is 23.5 Å². The molecule has 124 valence electrons. The molecule has 2 N–H and O–H groups in total. The molecule has 1 saturated heterocycles.